The Kier molecular flexibility index (Phi) is 10.9. The molecule has 0 unspecified atom stereocenters. The molecule has 0 aliphatic rings. The summed E-state index contributed by atoms with van der Waals surface area (Å²) in [7, 11) is 0. The molecule has 0 saturated heterocycles. The molecular formula is C29H41N7O4. The molecule has 2 heterocycles. The molecule has 0 aliphatic heterocycles. The Hall–Kier alpha value is -4.15. The summed E-state index contributed by atoms with van der Waals surface area (Å²) < 4.78 is 0. The van der Waals surface area contributed by atoms with Crippen molar-refractivity contribution in [2.45, 2.75) is 77.9 Å². The van der Waals surface area contributed by atoms with Crippen molar-refractivity contribution < 1.29 is 19.2 Å². The van der Waals surface area contributed by atoms with Crippen molar-refractivity contribution in [1.82, 2.24) is 30.9 Å². The molecule has 4 amide bonds. The van der Waals surface area contributed by atoms with E-state index >= 15 is 0 Å². The van der Waals surface area contributed by atoms with Gasteiger partial charge >= 0.3 is 0 Å². The van der Waals surface area contributed by atoms with Gasteiger partial charge in [-0.1, -0.05) is 45.9 Å². The second-order valence-corrected chi connectivity index (χ2v) is 11.0. The minimum atomic E-state index is -0.944. The molecule has 11 heteroatoms. The smallest absolute Gasteiger partial charge is 0.243 e. The Balaban J connectivity index is 1.70. The lowest BCUT2D eigenvalue weighted by molar-refractivity contribution is -0.133. The van der Waals surface area contributed by atoms with E-state index in [1.165, 1.54) is 6.33 Å². The van der Waals surface area contributed by atoms with Crippen molar-refractivity contribution in [3.05, 3.63) is 54.2 Å². The van der Waals surface area contributed by atoms with Crippen LogP contribution in [0, 0.1) is 11.8 Å². The highest BCUT2D eigenvalue weighted by molar-refractivity contribution is 5.94. The summed E-state index contributed by atoms with van der Waals surface area (Å²) in [5.41, 5.74) is 8.18. The average Bonchev–Trinajstić information content (AvgIpc) is 3.55. The predicted octanol–water partition coefficient (Wildman–Crippen LogP) is 2.10. The highest BCUT2D eigenvalue weighted by Gasteiger charge is 2.30. The molecule has 2 aromatic heterocycles. The second kappa shape index (κ2) is 14.3. The minimum absolute atomic E-state index is 0.0741. The maximum absolute atomic E-state index is 13.5. The first-order valence-electron chi connectivity index (χ1n) is 13.7. The van der Waals surface area contributed by atoms with Gasteiger partial charge in [0.1, 0.15) is 18.1 Å². The summed E-state index contributed by atoms with van der Waals surface area (Å²) in [6.45, 7) is 7.72. The van der Waals surface area contributed by atoms with Crippen molar-refractivity contribution in [2.24, 2.45) is 17.6 Å². The van der Waals surface area contributed by atoms with Gasteiger partial charge < -0.3 is 31.7 Å². The number of rotatable bonds is 15. The molecule has 11 nitrogen and oxygen atoms in total. The lowest BCUT2D eigenvalue weighted by atomic mass is 9.99. The van der Waals surface area contributed by atoms with Gasteiger partial charge in [0.2, 0.25) is 23.6 Å². The Morgan fingerprint density at radius 2 is 1.52 bits per heavy atom. The number of H-pyrrole nitrogens is 2. The third-order valence-corrected chi connectivity index (χ3v) is 6.63. The Morgan fingerprint density at radius 1 is 0.875 bits per heavy atom. The number of hydrogen-bond acceptors (Lipinski definition) is 5. The quantitative estimate of drug-likeness (QED) is 0.169. The topological polar surface area (TPSA) is 175 Å². The van der Waals surface area contributed by atoms with Crippen molar-refractivity contribution in [3.8, 4) is 0 Å². The number of aryl methyl sites for hydroxylation is 1. The summed E-state index contributed by atoms with van der Waals surface area (Å²) >= 11 is 0. The number of para-hydroxylation sites is 1. The fourth-order valence-electron chi connectivity index (χ4n) is 4.64. The first kappa shape index (κ1) is 30.4. The number of nitrogens with zero attached hydrogens (tertiary/aromatic N) is 1. The molecule has 0 saturated carbocycles. The van der Waals surface area contributed by atoms with Crippen LogP contribution < -0.4 is 21.7 Å². The normalized spacial score (nSPS) is 13.7. The highest BCUT2D eigenvalue weighted by atomic mass is 16.2. The average molecular weight is 552 g/mol. The van der Waals surface area contributed by atoms with Gasteiger partial charge in [0, 0.05) is 41.8 Å². The van der Waals surface area contributed by atoms with E-state index in [1.807, 2.05) is 58.2 Å². The molecule has 0 fully saturated rings. The van der Waals surface area contributed by atoms with E-state index in [4.69, 9.17) is 5.73 Å². The summed E-state index contributed by atoms with van der Waals surface area (Å²) in [5, 5.41) is 9.39. The van der Waals surface area contributed by atoms with Gasteiger partial charge in [-0.3, -0.25) is 19.2 Å². The van der Waals surface area contributed by atoms with Crippen LogP contribution in [0.15, 0.2) is 43.0 Å². The second-order valence-electron chi connectivity index (χ2n) is 11.0. The highest BCUT2D eigenvalue weighted by Crippen LogP contribution is 2.19. The van der Waals surface area contributed by atoms with Gasteiger partial charge in [-0.05, 0) is 42.7 Å². The van der Waals surface area contributed by atoms with Gasteiger partial charge in [-0.2, -0.15) is 0 Å². The number of amides is 4. The number of aromatic nitrogens is 3. The van der Waals surface area contributed by atoms with Crippen LogP contribution in [0.2, 0.25) is 0 Å². The summed E-state index contributed by atoms with van der Waals surface area (Å²) in [4.78, 5) is 61.7. The molecule has 0 aliphatic carbocycles. The molecule has 3 aromatic rings. The number of imidazole rings is 1. The van der Waals surface area contributed by atoms with Crippen LogP contribution in [0.4, 0.5) is 0 Å². The van der Waals surface area contributed by atoms with E-state index in [0.717, 1.165) is 16.5 Å². The van der Waals surface area contributed by atoms with Crippen LogP contribution in [-0.2, 0) is 32.0 Å². The number of fused-ring (bicyclic) bond motifs is 1. The molecule has 40 heavy (non-hydrogen) atoms. The number of nitrogens with two attached hydrogens (primary N) is 1. The van der Waals surface area contributed by atoms with Crippen molar-refractivity contribution in [3.63, 3.8) is 0 Å². The number of aromatic amines is 2. The monoisotopic (exact) mass is 551 g/mol. The Morgan fingerprint density at radius 3 is 2.17 bits per heavy atom. The van der Waals surface area contributed by atoms with Gasteiger partial charge in [0.05, 0.1) is 6.33 Å². The van der Waals surface area contributed by atoms with Crippen LogP contribution in [0.1, 0.15) is 58.2 Å². The van der Waals surface area contributed by atoms with E-state index in [-0.39, 0.29) is 30.6 Å². The largest absolute Gasteiger partial charge is 0.368 e. The Labute approximate surface area is 234 Å². The van der Waals surface area contributed by atoms with Gasteiger partial charge in [-0.15, -0.1) is 0 Å². The first-order valence-corrected chi connectivity index (χ1v) is 13.7. The molecule has 0 radical (unpaired) electrons. The maximum atomic E-state index is 13.5. The van der Waals surface area contributed by atoms with Crippen LogP contribution in [0.3, 0.4) is 0 Å². The molecule has 0 bridgehead atoms. The number of carbonyl (C=O) groups is 4. The van der Waals surface area contributed by atoms with Crippen LogP contribution in [0.25, 0.3) is 10.9 Å². The molecule has 216 valence electrons. The number of carbonyl (C=O) groups excluding carboxylic acids is 4. The first-order chi connectivity index (χ1) is 19.0. The summed E-state index contributed by atoms with van der Waals surface area (Å²) in [5.74, 6) is -1.70. The van der Waals surface area contributed by atoms with Crippen LogP contribution >= 0.6 is 0 Å². The number of hydrogen-bond donors (Lipinski definition) is 6. The number of benzene rings is 1. The molecule has 0 spiro atoms. The van der Waals surface area contributed by atoms with E-state index in [0.29, 0.717) is 25.0 Å². The van der Waals surface area contributed by atoms with Crippen molar-refractivity contribution in [2.75, 3.05) is 0 Å². The lowest BCUT2D eigenvalue weighted by Gasteiger charge is -2.26. The van der Waals surface area contributed by atoms with Crippen molar-refractivity contribution >= 4 is 34.5 Å². The third kappa shape index (κ3) is 8.96. The van der Waals surface area contributed by atoms with E-state index in [2.05, 4.69) is 30.9 Å². The van der Waals surface area contributed by atoms with Crippen molar-refractivity contribution in [1.29, 1.82) is 0 Å². The van der Waals surface area contributed by atoms with E-state index in [1.54, 1.807) is 6.20 Å². The molecule has 1 aromatic carbocycles. The van der Waals surface area contributed by atoms with E-state index < -0.39 is 35.8 Å². The zero-order chi connectivity index (χ0) is 29.2. The maximum Gasteiger partial charge on any atom is 0.243 e. The zero-order valence-electron chi connectivity index (χ0n) is 23.6. The fourth-order valence-corrected chi connectivity index (χ4v) is 4.64. The SMILES string of the molecule is CC(C)C[C@H](NC(=O)[C@H](CC(C)C)NC(=O)[C@H](Cc1cnc[nH]1)NC(=O)CCc1c[nH]c2ccccc12)C(N)=O. The molecule has 7 N–H and O–H groups in total. The molecule has 3 rings (SSSR count). The third-order valence-electron chi connectivity index (χ3n) is 6.63. The Bertz CT molecular complexity index is 1280. The predicted molar refractivity (Wildman–Crippen MR) is 153 cm³/mol. The fraction of sp³-hybridized carbons (Fsp3) is 0.483. The summed E-state index contributed by atoms with van der Waals surface area (Å²) in [6.07, 6.45) is 6.54. The lowest BCUT2D eigenvalue weighted by Crippen LogP contribution is -2.57. The standard InChI is InChI=1S/C29H41N7O4/c1-17(2)11-23(27(30)38)35-28(39)24(12-18(3)4)36-29(40)25(13-20-15-31-16-33-20)34-26(37)10-9-19-14-32-22-8-6-5-7-21(19)22/h5-8,14-18,23-25,32H,9-13H2,1-4H3,(H2,30,38)(H,31,33)(H,34,37)(H,35,39)(H,36,40)/t23-,24-,25-/m0/s1. The number of nitrogens with one attached hydrogen (secondary N) is 5. The number of primary amides is 1. The van der Waals surface area contributed by atoms with E-state index in [9.17, 15) is 19.2 Å². The van der Waals surface area contributed by atoms with Gasteiger partial charge in [0.15, 0.2) is 0 Å². The van der Waals surface area contributed by atoms with Crippen LogP contribution in [0.5, 0.6) is 0 Å². The summed E-state index contributed by atoms with van der Waals surface area (Å²) in [6, 6.07) is 5.17. The van der Waals surface area contributed by atoms with Gasteiger partial charge in [0.25, 0.3) is 0 Å². The van der Waals surface area contributed by atoms with Gasteiger partial charge in [-0.25, -0.2) is 4.98 Å². The van der Waals surface area contributed by atoms with Crippen LogP contribution in [-0.4, -0.2) is 56.7 Å². The molecule has 3 atom stereocenters. The minimum Gasteiger partial charge on any atom is -0.368 e. The zero-order valence-corrected chi connectivity index (χ0v) is 23.6. The molecular weight excluding hydrogens is 510 g/mol.